The molecule has 29 heavy (non-hydrogen) atoms. The van der Waals surface area contributed by atoms with Crippen LogP contribution in [0.2, 0.25) is 10.2 Å². The van der Waals surface area contributed by atoms with Crippen molar-refractivity contribution in [3.05, 3.63) is 34.3 Å². The fourth-order valence-corrected chi connectivity index (χ4v) is 4.74. The van der Waals surface area contributed by atoms with Gasteiger partial charge in [-0.25, -0.2) is 9.67 Å². The van der Waals surface area contributed by atoms with Gasteiger partial charge in [0.25, 0.3) is 0 Å². The van der Waals surface area contributed by atoms with E-state index >= 15 is 0 Å². The molecule has 4 aromatic rings. The van der Waals surface area contributed by atoms with Crippen molar-refractivity contribution < 1.29 is 4.74 Å². The quantitative estimate of drug-likeness (QED) is 0.449. The van der Waals surface area contributed by atoms with Crippen LogP contribution < -0.4 is 0 Å². The minimum absolute atomic E-state index is 0.416. The van der Waals surface area contributed by atoms with Gasteiger partial charge in [0.05, 0.1) is 38.3 Å². The molecule has 7 nitrogen and oxygen atoms in total. The van der Waals surface area contributed by atoms with Crippen molar-refractivity contribution in [2.24, 2.45) is 13.0 Å². The second kappa shape index (κ2) is 7.23. The number of hydrogen-bond acceptors (Lipinski definition) is 5. The summed E-state index contributed by atoms with van der Waals surface area (Å²) >= 11 is 13.1. The first-order valence-electron chi connectivity index (χ1n) is 9.61. The lowest BCUT2D eigenvalue weighted by Crippen LogP contribution is -2.20. The van der Waals surface area contributed by atoms with Crippen molar-refractivity contribution in [3.8, 4) is 11.3 Å². The molecule has 0 unspecified atom stereocenters. The number of aryl methyl sites for hydroxylation is 2. The van der Waals surface area contributed by atoms with Gasteiger partial charge in [0.15, 0.2) is 0 Å². The molecule has 9 heteroatoms. The summed E-state index contributed by atoms with van der Waals surface area (Å²) in [6.45, 7) is 4.36. The molecule has 0 N–H and O–H groups in total. The molecule has 0 radical (unpaired) electrons. The summed E-state index contributed by atoms with van der Waals surface area (Å²) in [5, 5.41) is 10.1. The topological polar surface area (TPSA) is 70.7 Å². The van der Waals surface area contributed by atoms with E-state index in [1.165, 1.54) is 0 Å². The van der Waals surface area contributed by atoms with Gasteiger partial charge in [0.1, 0.15) is 5.15 Å². The summed E-state index contributed by atoms with van der Waals surface area (Å²) in [5.74, 6) is 0.509. The lowest BCUT2D eigenvalue weighted by atomic mass is 10.0. The molecule has 150 valence electrons. The second-order valence-corrected chi connectivity index (χ2v) is 8.29. The highest BCUT2D eigenvalue weighted by molar-refractivity contribution is 6.41. The number of halogens is 2. The monoisotopic (exact) mass is 430 g/mol. The third kappa shape index (κ3) is 3.08. The minimum Gasteiger partial charge on any atom is -0.381 e. The van der Waals surface area contributed by atoms with Crippen LogP contribution in [0.4, 0.5) is 0 Å². The standard InChI is InChI=1S/C20H20Cl2N6O/c1-11-18(27(2)26-25-11)13-7-15-17(23-8-13)16-19(14(21)9-24-20(16)22)28(15)10-12-3-5-29-6-4-12/h7-9,12H,3-6,10H2,1-2H3. The lowest BCUT2D eigenvalue weighted by molar-refractivity contribution is 0.0620. The molecule has 0 bridgehead atoms. The Balaban J connectivity index is 1.77. The molecule has 0 aromatic carbocycles. The van der Waals surface area contributed by atoms with Gasteiger partial charge in [-0.1, -0.05) is 28.4 Å². The average molecular weight is 431 g/mol. The van der Waals surface area contributed by atoms with E-state index in [0.29, 0.717) is 16.1 Å². The van der Waals surface area contributed by atoms with Gasteiger partial charge < -0.3 is 9.30 Å². The maximum Gasteiger partial charge on any atom is 0.140 e. The molecule has 1 aliphatic heterocycles. The highest BCUT2D eigenvalue weighted by Crippen LogP contribution is 2.38. The van der Waals surface area contributed by atoms with Crippen molar-refractivity contribution in [2.45, 2.75) is 26.3 Å². The van der Waals surface area contributed by atoms with Crippen LogP contribution in [0.5, 0.6) is 0 Å². The van der Waals surface area contributed by atoms with Crippen molar-refractivity contribution in [1.29, 1.82) is 0 Å². The predicted octanol–water partition coefficient (Wildman–Crippen LogP) is 4.42. The lowest BCUT2D eigenvalue weighted by Gasteiger charge is -2.23. The molecule has 0 saturated carbocycles. The summed E-state index contributed by atoms with van der Waals surface area (Å²) in [7, 11) is 1.88. The Bertz CT molecular complexity index is 1210. The first kappa shape index (κ1) is 18.8. The van der Waals surface area contributed by atoms with Crippen LogP contribution in [0.25, 0.3) is 33.2 Å². The molecule has 0 amide bonds. The molecular weight excluding hydrogens is 411 g/mol. The third-order valence-corrected chi connectivity index (χ3v) is 6.24. The fourth-order valence-electron chi connectivity index (χ4n) is 4.26. The van der Waals surface area contributed by atoms with E-state index in [1.54, 1.807) is 10.9 Å². The van der Waals surface area contributed by atoms with Gasteiger partial charge >= 0.3 is 0 Å². The van der Waals surface area contributed by atoms with Crippen molar-refractivity contribution in [3.63, 3.8) is 0 Å². The maximum absolute atomic E-state index is 6.59. The largest absolute Gasteiger partial charge is 0.381 e. The van der Waals surface area contributed by atoms with E-state index in [0.717, 1.165) is 71.5 Å². The smallest absolute Gasteiger partial charge is 0.140 e. The second-order valence-electron chi connectivity index (χ2n) is 7.53. The third-order valence-electron chi connectivity index (χ3n) is 5.68. The van der Waals surface area contributed by atoms with Crippen LogP contribution in [0.1, 0.15) is 18.5 Å². The molecule has 5 rings (SSSR count). The number of aromatic nitrogens is 6. The zero-order chi connectivity index (χ0) is 20.1. The molecule has 0 atom stereocenters. The van der Waals surface area contributed by atoms with Crippen LogP contribution >= 0.6 is 23.2 Å². The van der Waals surface area contributed by atoms with Crippen LogP contribution in [-0.4, -0.2) is 42.7 Å². The SMILES string of the molecule is Cc1nnn(C)c1-c1cnc2c3c(Cl)ncc(Cl)c3n(CC3CCOCC3)c2c1. The summed E-state index contributed by atoms with van der Waals surface area (Å²) in [5.41, 5.74) is 5.44. The Morgan fingerprint density at radius 3 is 2.69 bits per heavy atom. The number of hydrogen-bond donors (Lipinski definition) is 0. The van der Waals surface area contributed by atoms with Crippen molar-refractivity contribution >= 4 is 45.1 Å². The molecule has 4 aromatic heterocycles. The average Bonchev–Trinajstić information content (AvgIpc) is 3.23. The first-order chi connectivity index (χ1) is 14.0. The zero-order valence-electron chi connectivity index (χ0n) is 16.2. The molecule has 1 aliphatic rings. The van der Waals surface area contributed by atoms with Gasteiger partial charge in [-0.15, -0.1) is 5.10 Å². The Kier molecular flexibility index (Phi) is 4.69. The van der Waals surface area contributed by atoms with Crippen molar-refractivity contribution in [2.75, 3.05) is 13.2 Å². The van der Waals surface area contributed by atoms with E-state index in [-0.39, 0.29) is 0 Å². The Labute approximate surface area is 177 Å². The van der Waals surface area contributed by atoms with Gasteiger partial charge in [-0.3, -0.25) is 4.98 Å². The molecule has 1 fully saturated rings. The van der Waals surface area contributed by atoms with Crippen LogP contribution in [0.3, 0.4) is 0 Å². The minimum atomic E-state index is 0.416. The number of ether oxygens (including phenoxy) is 1. The van der Waals surface area contributed by atoms with Crippen LogP contribution in [0.15, 0.2) is 18.5 Å². The number of fused-ring (bicyclic) bond motifs is 3. The van der Waals surface area contributed by atoms with Gasteiger partial charge in [-0.2, -0.15) is 0 Å². The van der Waals surface area contributed by atoms with Gasteiger partial charge in [0, 0.05) is 44.8 Å². The normalized spacial score (nSPS) is 15.6. The van der Waals surface area contributed by atoms with Crippen molar-refractivity contribution in [1.82, 2.24) is 29.5 Å². The zero-order valence-corrected chi connectivity index (χ0v) is 17.7. The number of rotatable bonds is 3. The number of nitrogens with zero attached hydrogens (tertiary/aromatic N) is 6. The highest BCUT2D eigenvalue weighted by atomic mass is 35.5. The van der Waals surface area contributed by atoms with E-state index in [2.05, 4.69) is 25.9 Å². The predicted molar refractivity (Wildman–Crippen MR) is 113 cm³/mol. The molecular formula is C20H20Cl2N6O. The summed E-state index contributed by atoms with van der Waals surface area (Å²) in [6.07, 6.45) is 5.50. The van der Waals surface area contributed by atoms with E-state index in [1.807, 2.05) is 20.2 Å². The first-order valence-corrected chi connectivity index (χ1v) is 10.4. The van der Waals surface area contributed by atoms with Crippen LogP contribution in [-0.2, 0) is 18.3 Å². The fraction of sp³-hybridized carbons (Fsp3) is 0.400. The van der Waals surface area contributed by atoms with Gasteiger partial charge in [-0.05, 0) is 31.7 Å². The number of pyridine rings is 2. The highest BCUT2D eigenvalue weighted by Gasteiger charge is 2.23. The Morgan fingerprint density at radius 1 is 1.17 bits per heavy atom. The Hall–Kier alpha value is -2.22. The molecule has 0 spiro atoms. The molecule has 0 aliphatic carbocycles. The van der Waals surface area contributed by atoms with E-state index in [4.69, 9.17) is 32.9 Å². The van der Waals surface area contributed by atoms with Gasteiger partial charge in [0.2, 0.25) is 0 Å². The molecule has 5 heterocycles. The van der Waals surface area contributed by atoms with Crippen LogP contribution in [0, 0.1) is 12.8 Å². The Morgan fingerprint density at radius 2 is 1.97 bits per heavy atom. The van der Waals surface area contributed by atoms with E-state index in [9.17, 15) is 0 Å². The maximum atomic E-state index is 6.59. The summed E-state index contributed by atoms with van der Waals surface area (Å²) < 4.78 is 9.55. The molecule has 1 saturated heterocycles. The van der Waals surface area contributed by atoms with E-state index < -0.39 is 0 Å². The summed E-state index contributed by atoms with van der Waals surface area (Å²) in [4.78, 5) is 9.02. The summed E-state index contributed by atoms with van der Waals surface area (Å²) in [6, 6.07) is 2.13.